The van der Waals surface area contributed by atoms with Crippen molar-refractivity contribution in [3.05, 3.63) is 77.6 Å². The molecule has 1 atom stereocenters. The molecular formula is C27H28N6O2S. The van der Waals surface area contributed by atoms with Gasteiger partial charge in [-0.25, -0.2) is 15.0 Å². The second-order valence-electron chi connectivity index (χ2n) is 8.68. The van der Waals surface area contributed by atoms with Crippen LogP contribution >= 0.6 is 11.8 Å². The first-order valence-electron chi connectivity index (χ1n) is 11.7. The van der Waals surface area contributed by atoms with E-state index in [0.717, 1.165) is 35.4 Å². The molecule has 2 aromatic carbocycles. The molecule has 0 fully saturated rings. The number of nitriles is 1. The highest BCUT2D eigenvalue weighted by molar-refractivity contribution is 8.14. The maximum atomic E-state index is 12.7. The average Bonchev–Trinajstić information content (AvgIpc) is 2.91. The summed E-state index contributed by atoms with van der Waals surface area (Å²) in [5.74, 6) is 1.72. The standard InChI is InChI=1S/C27H28N6O2S/c1-19(33-27(34)36-18-25(31-33)21-10-8-20(15-28)9-11-21)22-6-4-7-23(14-22)26-29-16-24(17-30-26)35-13-5-12-32(2)3/h4,6-11,14,16-17,19H,5,12-13,18H2,1-3H3. The second kappa shape index (κ2) is 11.8. The molecule has 0 saturated carbocycles. The number of thioether (sulfide) groups is 1. The van der Waals surface area contributed by atoms with Crippen LogP contribution in [0.25, 0.3) is 11.4 Å². The summed E-state index contributed by atoms with van der Waals surface area (Å²) < 4.78 is 5.73. The lowest BCUT2D eigenvalue weighted by atomic mass is 10.0. The number of ether oxygens (including phenoxy) is 1. The Labute approximate surface area is 215 Å². The molecule has 0 radical (unpaired) electrons. The molecule has 184 valence electrons. The number of amides is 1. The second-order valence-corrected chi connectivity index (χ2v) is 9.61. The van der Waals surface area contributed by atoms with E-state index in [0.29, 0.717) is 29.5 Å². The van der Waals surface area contributed by atoms with E-state index in [1.807, 2.05) is 57.4 Å². The predicted molar refractivity (Wildman–Crippen MR) is 142 cm³/mol. The van der Waals surface area contributed by atoms with Crippen LogP contribution in [0.2, 0.25) is 0 Å². The van der Waals surface area contributed by atoms with Crippen molar-refractivity contribution in [3.8, 4) is 23.2 Å². The Bertz CT molecular complexity index is 1270. The number of benzene rings is 2. The Balaban J connectivity index is 1.48. The van der Waals surface area contributed by atoms with Gasteiger partial charge in [0.05, 0.1) is 42.4 Å². The zero-order valence-electron chi connectivity index (χ0n) is 20.6. The third kappa shape index (κ3) is 6.27. The van der Waals surface area contributed by atoms with Crippen LogP contribution < -0.4 is 4.74 Å². The van der Waals surface area contributed by atoms with Gasteiger partial charge in [-0.15, -0.1) is 0 Å². The highest BCUT2D eigenvalue weighted by Crippen LogP contribution is 2.30. The van der Waals surface area contributed by atoms with E-state index in [9.17, 15) is 4.79 Å². The molecule has 9 heteroatoms. The Morgan fingerprint density at radius 3 is 2.58 bits per heavy atom. The van der Waals surface area contributed by atoms with Crippen molar-refractivity contribution in [2.75, 3.05) is 33.0 Å². The summed E-state index contributed by atoms with van der Waals surface area (Å²) in [6.45, 7) is 3.52. The molecule has 1 aliphatic rings. The Hall–Kier alpha value is -3.74. The van der Waals surface area contributed by atoms with Gasteiger partial charge in [-0.1, -0.05) is 42.1 Å². The normalized spacial score (nSPS) is 14.4. The minimum Gasteiger partial charge on any atom is -0.490 e. The van der Waals surface area contributed by atoms with E-state index in [1.54, 1.807) is 24.5 Å². The number of rotatable bonds is 9. The van der Waals surface area contributed by atoms with E-state index in [-0.39, 0.29) is 11.3 Å². The lowest BCUT2D eigenvalue weighted by Gasteiger charge is -2.29. The molecule has 1 unspecified atom stereocenters. The first-order valence-corrected chi connectivity index (χ1v) is 12.7. The van der Waals surface area contributed by atoms with Crippen LogP contribution in [0.1, 0.15) is 36.1 Å². The first kappa shape index (κ1) is 25.4. The van der Waals surface area contributed by atoms with Crippen molar-refractivity contribution in [2.45, 2.75) is 19.4 Å². The van der Waals surface area contributed by atoms with Crippen LogP contribution in [-0.4, -0.2) is 63.8 Å². The maximum absolute atomic E-state index is 12.7. The molecule has 1 aliphatic heterocycles. The maximum Gasteiger partial charge on any atom is 0.302 e. The fourth-order valence-electron chi connectivity index (χ4n) is 3.71. The zero-order valence-corrected chi connectivity index (χ0v) is 21.4. The Morgan fingerprint density at radius 2 is 1.89 bits per heavy atom. The van der Waals surface area contributed by atoms with Crippen molar-refractivity contribution in [1.82, 2.24) is 19.9 Å². The number of hydrogen-bond acceptors (Lipinski definition) is 8. The molecule has 0 bridgehead atoms. The number of aromatic nitrogens is 2. The molecule has 0 saturated heterocycles. The average molecular weight is 501 g/mol. The summed E-state index contributed by atoms with van der Waals surface area (Å²) in [6, 6.07) is 16.9. The van der Waals surface area contributed by atoms with Crippen LogP contribution in [0.15, 0.2) is 66.0 Å². The number of hydrazone groups is 1. The van der Waals surface area contributed by atoms with Crippen LogP contribution in [0, 0.1) is 11.3 Å². The lowest BCUT2D eigenvalue weighted by molar-refractivity contribution is 0.207. The molecule has 1 amide bonds. The third-order valence-electron chi connectivity index (χ3n) is 5.74. The largest absolute Gasteiger partial charge is 0.490 e. The summed E-state index contributed by atoms with van der Waals surface area (Å²) in [4.78, 5) is 23.8. The van der Waals surface area contributed by atoms with Gasteiger partial charge in [0.2, 0.25) is 0 Å². The Morgan fingerprint density at radius 1 is 1.14 bits per heavy atom. The van der Waals surface area contributed by atoms with Gasteiger partial charge in [-0.2, -0.15) is 10.4 Å². The molecule has 1 aromatic heterocycles. The quantitative estimate of drug-likeness (QED) is 0.382. The van der Waals surface area contributed by atoms with E-state index >= 15 is 0 Å². The van der Waals surface area contributed by atoms with Gasteiger partial charge in [0.15, 0.2) is 11.6 Å². The minimum atomic E-state index is -0.280. The van der Waals surface area contributed by atoms with Gasteiger partial charge < -0.3 is 9.64 Å². The Kier molecular flexibility index (Phi) is 8.31. The molecule has 2 heterocycles. The highest BCUT2D eigenvalue weighted by atomic mass is 32.2. The topological polar surface area (TPSA) is 94.7 Å². The van der Waals surface area contributed by atoms with Crippen molar-refractivity contribution < 1.29 is 9.53 Å². The predicted octanol–water partition coefficient (Wildman–Crippen LogP) is 4.98. The minimum absolute atomic E-state index is 0.0997. The summed E-state index contributed by atoms with van der Waals surface area (Å²) in [5, 5.41) is 15.1. The summed E-state index contributed by atoms with van der Waals surface area (Å²) in [5.41, 5.74) is 4.08. The summed E-state index contributed by atoms with van der Waals surface area (Å²) >= 11 is 1.22. The molecule has 8 nitrogen and oxygen atoms in total. The van der Waals surface area contributed by atoms with E-state index < -0.39 is 0 Å². The fourth-order valence-corrected chi connectivity index (χ4v) is 4.52. The monoisotopic (exact) mass is 500 g/mol. The van der Waals surface area contributed by atoms with Gasteiger partial charge in [0.1, 0.15) is 0 Å². The zero-order chi connectivity index (χ0) is 25.5. The lowest BCUT2D eigenvalue weighted by Crippen LogP contribution is -2.32. The van der Waals surface area contributed by atoms with E-state index in [4.69, 9.17) is 10.00 Å². The van der Waals surface area contributed by atoms with Crippen LogP contribution in [0.4, 0.5) is 4.79 Å². The molecule has 0 spiro atoms. The summed E-state index contributed by atoms with van der Waals surface area (Å²) in [6.07, 6.45) is 4.30. The molecule has 3 aromatic rings. The van der Waals surface area contributed by atoms with Crippen LogP contribution in [0.5, 0.6) is 5.75 Å². The molecule has 0 N–H and O–H groups in total. The molecule has 36 heavy (non-hydrogen) atoms. The molecule has 0 aliphatic carbocycles. The SMILES string of the molecule is CC(c1cccc(-c2ncc(OCCCN(C)C)cn2)c1)N1N=C(c2ccc(C#N)cc2)CSC1=O. The van der Waals surface area contributed by atoms with Crippen LogP contribution in [-0.2, 0) is 0 Å². The van der Waals surface area contributed by atoms with Crippen molar-refractivity contribution in [3.63, 3.8) is 0 Å². The van der Waals surface area contributed by atoms with Crippen molar-refractivity contribution in [2.24, 2.45) is 5.10 Å². The molecule has 4 rings (SSSR count). The number of carbonyl (C=O) groups is 1. The van der Waals surface area contributed by atoms with E-state index in [1.165, 1.54) is 16.8 Å². The van der Waals surface area contributed by atoms with Gasteiger partial charge in [-0.05, 0) is 56.8 Å². The van der Waals surface area contributed by atoms with Crippen molar-refractivity contribution in [1.29, 1.82) is 5.26 Å². The van der Waals surface area contributed by atoms with Gasteiger partial charge in [0, 0.05) is 17.9 Å². The first-order chi connectivity index (χ1) is 17.4. The highest BCUT2D eigenvalue weighted by Gasteiger charge is 2.27. The number of nitrogens with zero attached hydrogens (tertiary/aromatic N) is 6. The third-order valence-corrected chi connectivity index (χ3v) is 6.59. The van der Waals surface area contributed by atoms with E-state index in [2.05, 4.69) is 26.0 Å². The fraction of sp³-hybridized carbons (Fsp3) is 0.296. The van der Waals surface area contributed by atoms with Gasteiger partial charge in [0.25, 0.3) is 0 Å². The number of carbonyl (C=O) groups excluding carboxylic acids is 1. The van der Waals surface area contributed by atoms with Crippen molar-refractivity contribution >= 4 is 22.7 Å². The van der Waals surface area contributed by atoms with Crippen LogP contribution in [0.3, 0.4) is 0 Å². The van der Waals surface area contributed by atoms with Gasteiger partial charge >= 0.3 is 5.24 Å². The molecular weight excluding hydrogens is 472 g/mol. The number of hydrogen-bond donors (Lipinski definition) is 0. The summed E-state index contributed by atoms with van der Waals surface area (Å²) in [7, 11) is 4.07. The smallest absolute Gasteiger partial charge is 0.302 e. The van der Waals surface area contributed by atoms with Gasteiger partial charge in [-0.3, -0.25) is 4.79 Å².